The minimum atomic E-state index is -0.850. The first-order chi connectivity index (χ1) is 21.9. The van der Waals surface area contributed by atoms with Crippen molar-refractivity contribution in [3.8, 4) is 11.4 Å². The first-order valence-electron chi connectivity index (χ1n) is 14.8. The lowest BCUT2D eigenvalue weighted by Gasteiger charge is -2.25. The number of ketones is 1. The number of aromatic nitrogens is 2. The largest absolute Gasteiger partial charge is 0.444 e. The Bertz CT molecular complexity index is 1730. The van der Waals surface area contributed by atoms with E-state index < -0.39 is 47.6 Å². The number of carbonyl (C=O) groups excluding carboxylic acids is 4. The van der Waals surface area contributed by atoms with Gasteiger partial charge < -0.3 is 15.4 Å². The van der Waals surface area contributed by atoms with E-state index in [0.29, 0.717) is 16.7 Å². The SMILES string of the molecule is CC(NC(=O)Cn1c(-c2ccccc2)ncc(NC(=O)OC(C)(C)C)c1=O)C(C(=O)NCC(=O)c1ccccc1)c1ccccc1. The van der Waals surface area contributed by atoms with E-state index in [2.05, 4.69) is 20.9 Å². The maximum absolute atomic E-state index is 13.6. The molecule has 0 radical (unpaired) electrons. The molecule has 238 valence electrons. The van der Waals surface area contributed by atoms with Crippen LogP contribution in [0.15, 0.2) is 102 Å². The van der Waals surface area contributed by atoms with Crippen LogP contribution in [0.5, 0.6) is 0 Å². The predicted octanol–water partition coefficient (Wildman–Crippen LogP) is 4.54. The molecule has 0 aliphatic carbocycles. The predicted molar refractivity (Wildman–Crippen MR) is 174 cm³/mol. The Morgan fingerprint density at radius 2 is 1.46 bits per heavy atom. The lowest BCUT2D eigenvalue weighted by Crippen LogP contribution is -2.46. The van der Waals surface area contributed by atoms with Crippen LogP contribution in [-0.2, 0) is 20.9 Å². The van der Waals surface area contributed by atoms with E-state index in [4.69, 9.17) is 4.74 Å². The summed E-state index contributed by atoms with van der Waals surface area (Å²) >= 11 is 0. The van der Waals surface area contributed by atoms with Gasteiger partial charge in [-0.1, -0.05) is 91.0 Å². The highest BCUT2D eigenvalue weighted by Gasteiger charge is 2.29. The van der Waals surface area contributed by atoms with Crippen LogP contribution in [0.2, 0.25) is 0 Å². The van der Waals surface area contributed by atoms with Gasteiger partial charge in [-0.15, -0.1) is 0 Å². The third-order valence-corrected chi connectivity index (χ3v) is 6.87. The zero-order valence-corrected chi connectivity index (χ0v) is 26.2. The normalized spacial score (nSPS) is 12.3. The van der Waals surface area contributed by atoms with Crippen LogP contribution in [0, 0.1) is 0 Å². The Hall–Kier alpha value is -5.58. The molecule has 0 aliphatic rings. The highest BCUT2D eigenvalue weighted by molar-refractivity contribution is 6.00. The molecular formula is C35H37N5O6. The van der Waals surface area contributed by atoms with Crippen LogP contribution in [-0.4, -0.2) is 51.4 Å². The third-order valence-electron chi connectivity index (χ3n) is 6.87. The molecule has 2 atom stereocenters. The molecule has 46 heavy (non-hydrogen) atoms. The highest BCUT2D eigenvalue weighted by atomic mass is 16.6. The Morgan fingerprint density at radius 1 is 0.870 bits per heavy atom. The standard InChI is InChI=1S/C35H37N5O6/c1-23(30(25-16-10-6-11-17-25)32(43)37-21-28(41)24-14-8-5-9-15-24)38-29(42)22-40-31(26-18-12-7-13-19-26)36-20-27(33(40)44)39-34(45)46-35(2,3)4/h5-20,23,30H,21-22H2,1-4H3,(H,37,43)(H,38,42)(H,39,45). The average Bonchev–Trinajstić information content (AvgIpc) is 3.02. The number of benzene rings is 3. The van der Waals surface area contributed by atoms with Gasteiger partial charge in [0.15, 0.2) is 5.78 Å². The molecule has 0 fully saturated rings. The van der Waals surface area contributed by atoms with Crippen molar-refractivity contribution in [2.24, 2.45) is 0 Å². The molecule has 1 heterocycles. The molecule has 0 spiro atoms. The summed E-state index contributed by atoms with van der Waals surface area (Å²) in [5.74, 6) is -1.91. The fourth-order valence-corrected chi connectivity index (χ4v) is 4.81. The molecule has 11 nitrogen and oxygen atoms in total. The zero-order valence-electron chi connectivity index (χ0n) is 26.2. The smallest absolute Gasteiger partial charge is 0.412 e. The number of Topliss-reactive ketones (excluding diaryl/α,β-unsaturated/α-hetero) is 1. The van der Waals surface area contributed by atoms with Crippen LogP contribution >= 0.6 is 0 Å². The number of hydrogen-bond acceptors (Lipinski definition) is 7. The van der Waals surface area contributed by atoms with Gasteiger partial charge in [0, 0.05) is 17.2 Å². The number of nitrogens with one attached hydrogen (secondary N) is 3. The van der Waals surface area contributed by atoms with E-state index in [-0.39, 0.29) is 23.8 Å². The van der Waals surface area contributed by atoms with Crippen LogP contribution in [0.3, 0.4) is 0 Å². The second-order valence-corrected chi connectivity index (χ2v) is 11.6. The van der Waals surface area contributed by atoms with Crippen LogP contribution in [0.4, 0.5) is 10.5 Å². The first kappa shape index (κ1) is 33.3. The van der Waals surface area contributed by atoms with Gasteiger partial charge in [-0.25, -0.2) is 9.78 Å². The Kier molecular flexibility index (Phi) is 10.8. The number of carbonyl (C=O) groups is 4. The summed E-state index contributed by atoms with van der Waals surface area (Å²) in [4.78, 5) is 70.0. The van der Waals surface area contributed by atoms with E-state index in [1.54, 1.807) is 113 Å². The molecule has 0 bridgehead atoms. The topological polar surface area (TPSA) is 148 Å². The maximum Gasteiger partial charge on any atom is 0.412 e. The number of ether oxygens (including phenoxy) is 1. The number of nitrogens with zero attached hydrogens (tertiary/aromatic N) is 2. The van der Waals surface area contributed by atoms with E-state index >= 15 is 0 Å². The molecule has 4 aromatic rings. The first-order valence-corrected chi connectivity index (χ1v) is 14.8. The third kappa shape index (κ3) is 8.98. The quantitative estimate of drug-likeness (QED) is 0.208. The van der Waals surface area contributed by atoms with Crippen molar-refractivity contribution in [3.63, 3.8) is 0 Å². The highest BCUT2D eigenvalue weighted by Crippen LogP contribution is 2.21. The summed E-state index contributed by atoms with van der Waals surface area (Å²) in [6, 6.07) is 25.6. The Labute approximate surface area is 267 Å². The van der Waals surface area contributed by atoms with Gasteiger partial charge in [0.05, 0.1) is 18.7 Å². The second-order valence-electron chi connectivity index (χ2n) is 11.6. The molecule has 0 saturated carbocycles. The monoisotopic (exact) mass is 623 g/mol. The van der Waals surface area contributed by atoms with Crippen LogP contribution < -0.4 is 21.5 Å². The summed E-state index contributed by atoms with van der Waals surface area (Å²) in [7, 11) is 0. The van der Waals surface area contributed by atoms with E-state index in [9.17, 15) is 24.0 Å². The van der Waals surface area contributed by atoms with Crippen molar-refractivity contribution in [2.75, 3.05) is 11.9 Å². The minimum Gasteiger partial charge on any atom is -0.444 e. The second kappa shape index (κ2) is 14.9. The van der Waals surface area contributed by atoms with Crippen molar-refractivity contribution >= 4 is 29.4 Å². The summed E-state index contributed by atoms with van der Waals surface area (Å²) in [6.45, 7) is 6.07. The summed E-state index contributed by atoms with van der Waals surface area (Å²) in [5, 5.41) is 7.97. The van der Waals surface area contributed by atoms with Crippen molar-refractivity contribution in [3.05, 3.63) is 119 Å². The van der Waals surface area contributed by atoms with Gasteiger partial charge in [-0.05, 0) is 33.3 Å². The van der Waals surface area contributed by atoms with Gasteiger partial charge in [-0.3, -0.25) is 29.1 Å². The molecule has 1 aromatic heterocycles. The summed E-state index contributed by atoms with van der Waals surface area (Å²) < 4.78 is 6.42. The molecular weight excluding hydrogens is 586 g/mol. The molecule has 0 aliphatic heterocycles. The minimum absolute atomic E-state index is 0.167. The number of amides is 3. The Morgan fingerprint density at radius 3 is 2.07 bits per heavy atom. The number of hydrogen-bond donors (Lipinski definition) is 3. The molecule has 0 saturated heterocycles. The van der Waals surface area contributed by atoms with E-state index in [0.717, 1.165) is 4.57 Å². The number of anilines is 1. The zero-order chi connectivity index (χ0) is 33.3. The van der Waals surface area contributed by atoms with E-state index in [1.807, 2.05) is 6.07 Å². The van der Waals surface area contributed by atoms with E-state index in [1.165, 1.54) is 6.20 Å². The van der Waals surface area contributed by atoms with Crippen molar-refractivity contribution in [1.29, 1.82) is 0 Å². The van der Waals surface area contributed by atoms with Gasteiger partial charge in [-0.2, -0.15) is 0 Å². The summed E-state index contributed by atoms with van der Waals surface area (Å²) in [6.07, 6.45) is 0.379. The van der Waals surface area contributed by atoms with Crippen molar-refractivity contribution < 1.29 is 23.9 Å². The van der Waals surface area contributed by atoms with Gasteiger partial charge in [0.1, 0.15) is 23.7 Å². The maximum atomic E-state index is 13.6. The van der Waals surface area contributed by atoms with Crippen LogP contribution in [0.1, 0.15) is 49.5 Å². The lowest BCUT2D eigenvalue weighted by molar-refractivity contribution is -0.124. The fourth-order valence-electron chi connectivity index (χ4n) is 4.81. The lowest BCUT2D eigenvalue weighted by atomic mass is 9.91. The Balaban J connectivity index is 1.56. The molecule has 3 aromatic carbocycles. The molecule has 4 rings (SSSR count). The van der Waals surface area contributed by atoms with Crippen LogP contribution in [0.25, 0.3) is 11.4 Å². The number of rotatable bonds is 11. The molecule has 3 N–H and O–H groups in total. The van der Waals surface area contributed by atoms with Gasteiger partial charge in [0.25, 0.3) is 5.56 Å². The summed E-state index contributed by atoms with van der Waals surface area (Å²) in [5.41, 5.74) is 0.0458. The van der Waals surface area contributed by atoms with Gasteiger partial charge >= 0.3 is 6.09 Å². The molecule has 11 heteroatoms. The van der Waals surface area contributed by atoms with Crippen molar-refractivity contribution in [1.82, 2.24) is 20.2 Å². The molecule has 3 amide bonds. The van der Waals surface area contributed by atoms with Gasteiger partial charge in [0.2, 0.25) is 11.8 Å². The fraction of sp³-hybridized carbons (Fsp3) is 0.257. The average molecular weight is 624 g/mol. The molecule has 2 unspecified atom stereocenters. The van der Waals surface area contributed by atoms with Crippen molar-refractivity contribution in [2.45, 2.75) is 51.8 Å².